The van der Waals surface area contributed by atoms with Gasteiger partial charge in [0.25, 0.3) is 5.91 Å². The lowest BCUT2D eigenvalue weighted by Crippen LogP contribution is -2.11. The van der Waals surface area contributed by atoms with Gasteiger partial charge in [0.15, 0.2) is 0 Å². The summed E-state index contributed by atoms with van der Waals surface area (Å²) < 4.78 is 12.8. The Morgan fingerprint density at radius 3 is 2.67 bits per heavy atom. The zero-order valence-corrected chi connectivity index (χ0v) is 17.0. The van der Waals surface area contributed by atoms with Crippen molar-refractivity contribution in [2.45, 2.75) is 20.4 Å². The van der Waals surface area contributed by atoms with Crippen molar-refractivity contribution in [3.05, 3.63) is 83.5 Å². The Hall–Kier alpha value is -3.87. The van der Waals surface area contributed by atoms with E-state index in [-0.39, 0.29) is 5.91 Å². The van der Waals surface area contributed by atoms with Crippen LogP contribution in [0.4, 0.5) is 5.69 Å². The average molecular weight is 402 g/mol. The molecule has 1 N–H and O–H groups in total. The quantitative estimate of drug-likeness (QED) is 0.515. The number of benzene rings is 2. The molecule has 0 saturated heterocycles. The van der Waals surface area contributed by atoms with Crippen LogP contribution in [0.5, 0.6) is 5.75 Å². The van der Waals surface area contributed by atoms with Gasteiger partial charge in [-0.1, -0.05) is 6.07 Å². The monoisotopic (exact) mass is 402 g/mol. The van der Waals surface area contributed by atoms with Gasteiger partial charge in [0, 0.05) is 23.0 Å². The van der Waals surface area contributed by atoms with E-state index in [2.05, 4.69) is 15.4 Å². The topological polar surface area (TPSA) is 82.2 Å². The molecular weight excluding hydrogens is 380 g/mol. The molecular formula is C23H22N4O3. The fourth-order valence-electron chi connectivity index (χ4n) is 3.07. The van der Waals surface area contributed by atoms with Gasteiger partial charge in [0.1, 0.15) is 17.2 Å². The second-order valence-electron chi connectivity index (χ2n) is 7.00. The number of aryl methyl sites for hydroxylation is 2. The maximum Gasteiger partial charge on any atom is 0.255 e. The van der Waals surface area contributed by atoms with Gasteiger partial charge in [0.2, 0.25) is 5.89 Å². The molecule has 152 valence electrons. The number of nitrogens with one attached hydrogen (secondary N) is 1. The molecule has 0 saturated carbocycles. The van der Waals surface area contributed by atoms with Crippen molar-refractivity contribution in [1.29, 1.82) is 0 Å². The third-order valence-corrected chi connectivity index (χ3v) is 4.69. The summed E-state index contributed by atoms with van der Waals surface area (Å²) in [5.74, 6) is 1.73. The van der Waals surface area contributed by atoms with Crippen LogP contribution >= 0.6 is 0 Å². The standard InChI is InChI=1S/C23H22N4O3/c1-15-12-24-27(13-15)14-21-16(2)30-23(26-21)17-7-9-19(10-8-17)25-22(28)18-5-4-6-20(11-18)29-3/h4-13H,14H2,1-3H3,(H,25,28). The number of hydrogen-bond acceptors (Lipinski definition) is 5. The van der Waals surface area contributed by atoms with E-state index in [1.54, 1.807) is 31.4 Å². The number of nitrogens with zero attached hydrogens (tertiary/aromatic N) is 3. The maximum atomic E-state index is 12.5. The van der Waals surface area contributed by atoms with Crippen molar-refractivity contribution in [3.63, 3.8) is 0 Å². The van der Waals surface area contributed by atoms with Crippen LogP contribution in [0.2, 0.25) is 0 Å². The Morgan fingerprint density at radius 2 is 1.97 bits per heavy atom. The van der Waals surface area contributed by atoms with E-state index in [1.807, 2.05) is 55.2 Å². The van der Waals surface area contributed by atoms with Gasteiger partial charge in [-0.25, -0.2) is 4.98 Å². The molecule has 0 aliphatic carbocycles. The smallest absolute Gasteiger partial charge is 0.255 e. The molecule has 2 heterocycles. The predicted octanol–water partition coefficient (Wildman–Crippen LogP) is 4.46. The summed E-state index contributed by atoms with van der Waals surface area (Å²) >= 11 is 0. The maximum absolute atomic E-state index is 12.5. The highest BCUT2D eigenvalue weighted by atomic mass is 16.5. The third kappa shape index (κ3) is 4.25. The van der Waals surface area contributed by atoms with Gasteiger partial charge in [-0.3, -0.25) is 9.48 Å². The Bertz CT molecular complexity index is 1180. The number of rotatable bonds is 6. The number of methoxy groups -OCH3 is 1. The number of ether oxygens (including phenoxy) is 1. The van der Waals surface area contributed by atoms with Crippen molar-refractivity contribution in [2.75, 3.05) is 12.4 Å². The summed E-state index contributed by atoms with van der Waals surface area (Å²) in [7, 11) is 1.57. The van der Waals surface area contributed by atoms with E-state index >= 15 is 0 Å². The minimum atomic E-state index is -0.203. The van der Waals surface area contributed by atoms with Crippen LogP contribution < -0.4 is 10.1 Å². The lowest BCUT2D eigenvalue weighted by atomic mass is 10.1. The molecule has 0 unspecified atom stereocenters. The fourth-order valence-corrected chi connectivity index (χ4v) is 3.07. The van der Waals surface area contributed by atoms with Gasteiger partial charge in [-0.2, -0.15) is 5.10 Å². The number of carbonyl (C=O) groups excluding carboxylic acids is 1. The third-order valence-electron chi connectivity index (χ3n) is 4.69. The van der Waals surface area contributed by atoms with E-state index in [0.29, 0.717) is 29.4 Å². The fraction of sp³-hybridized carbons (Fsp3) is 0.174. The second kappa shape index (κ2) is 8.24. The number of carbonyl (C=O) groups is 1. The number of amides is 1. The molecule has 4 aromatic rings. The summed E-state index contributed by atoms with van der Waals surface area (Å²) in [6.45, 7) is 4.45. The van der Waals surface area contributed by atoms with Gasteiger partial charge in [0.05, 0.1) is 19.9 Å². The molecule has 0 radical (unpaired) electrons. The van der Waals surface area contributed by atoms with Crippen molar-refractivity contribution < 1.29 is 13.9 Å². The summed E-state index contributed by atoms with van der Waals surface area (Å²) in [6, 6.07) is 14.4. The van der Waals surface area contributed by atoms with Crippen molar-refractivity contribution in [1.82, 2.24) is 14.8 Å². The molecule has 1 amide bonds. The first kappa shape index (κ1) is 19.4. The van der Waals surface area contributed by atoms with E-state index in [4.69, 9.17) is 9.15 Å². The van der Waals surface area contributed by atoms with Crippen LogP contribution in [0, 0.1) is 13.8 Å². The SMILES string of the molecule is COc1cccc(C(=O)Nc2ccc(-c3nc(Cn4cc(C)cn4)c(C)o3)cc2)c1. The Balaban J connectivity index is 1.47. The van der Waals surface area contributed by atoms with Gasteiger partial charge >= 0.3 is 0 Å². The molecule has 0 aliphatic rings. The minimum absolute atomic E-state index is 0.203. The van der Waals surface area contributed by atoms with E-state index in [1.165, 1.54) is 0 Å². The van der Waals surface area contributed by atoms with Crippen molar-refractivity contribution >= 4 is 11.6 Å². The van der Waals surface area contributed by atoms with E-state index in [0.717, 1.165) is 22.6 Å². The summed E-state index contributed by atoms with van der Waals surface area (Å²) in [5, 5.41) is 7.18. The van der Waals surface area contributed by atoms with Gasteiger partial charge in [-0.05, 0) is 61.9 Å². The van der Waals surface area contributed by atoms with Crippen LogP contribution in [-0.2, 0) is 6.54 Å². The molecule has 7 heteroatoms. The second-order valence-corrected chi connectivity index (χ2v) is 7.00. The average Bonchev–Trinajstić information content (AvgIpc) is 3.34. The molecule has 4 rings (SSSR count). The molecule has 30 heavy (non-hydrogen) atoms. The Labute approximate surface area is 174 Å². The van der Waals surface area contributed by atoms with Gasteiger partial charge in [-0.15, -0.1) is 0 Å². The van der Waals surface area contributed by atoms with Crippen LogP contribution in [0.25, 0.3) is 11.5 Å². The molecule has 0 spiro atoms. The molecule has 7 nitrogen and oxygen atoms in total. The van der Waals surface area contributed by atoms with Crippen LogP contribution in [0.15, 0.2) is 65.3 Å². The molecule has 2 aromatic heterocycles. The largest absolute Gasteiger partial charge is 0.497 e. The molecule has 0 atom stereocenters. The first-order chi connectivity index (χ1) is 14.5. The first-order valence-electron chi connectivity index (χ1n) is 9.53. The van der Waals surface area contributed by atoms with Crippen molar-refractivity contribution in [2.24, 2.45) is 0 Å². The zero-order chi connectivity index (χ0) is 21.1. The summed E-state index contributed by atoms with van der Waals surface area (Å²) in [5.41, 5.74) is 3.98. The van der Waals surface area contributed by atoms with Crippen molar-refractivity contribution in [3.8, 4) is 17.2 Å². The number of anilines is 1. The highest BCUT2D eigenvalue weighted by Crippen LogP contribution is 2.24. The van der Waals surface area contributed by atoms with Crippen LogP contribution in [0.3, 0.4) is 0 Å². The first-order valence-corrected chi connectivity index (χ1v) is 9.53. The van der Waals surface area contributed by atoms with E-state index < -0.39 is 0 Å². The molecule has 0 bridgehead atoms. The number of oxazole rings is 1. The molecule has 0 fully saturated rings. The van der Waals surface area contributed by atoms with E-state index in [9.17, 15) is 4.79 Å². The molecule has 0 aliphatic heterocycles. The highest BCUT2D eigenvalue weighted by Gasteiger charge is 2.13. The lowest BCUT2D eigenvalue weighted by molar-refractivity contribution is 0.102. The van der Waals surface area contributed by atoms with Crippen LogP contribution in [-0.4, -0.2) is 27.8 Å². The minimum Gasteiger partial charge on any atom is -0.497 e. The predicted molar refractivity (Wildman–Crippen MR) is 114 cm³/mol. The number of hydrogen-bond donors (Lipinski definition) is 1. The Kier molecular flexibility index (Phi) is 5.34. The zero-order valence-electron chi connectivity index (χ0n) is 17.0. The normalized spacial score (nSPS) is 10.8. The van der Waals surface area contributed by atoms with Gasteiger partial charge < -0.3 is 14.5 Å². The highest BCUT2D eigenvalue weighted by molar-refractivity contribution is 6.04. The summed E-state index contributed by atoms with van der Waals surface area (Å²) in [6.07, 6.45) is 3.78. The number of aromatic nitrogens is 3. The lowest BCUT2D eigenvalue weighted by Gasteiger charge is -2.07. The summed E-state index contributed by atoms with van der Waals surface area (Å²) in [4.78, 5) is 17.1. The molecule has 2 aromatic carbocycles. The van der Waals surface area contributed by atoms with Crippen LogP contribution in [0.1, 0.15) is 27.4 Å². The Morgan fingerprint density at radius 1 is 1.17 bits per heavy atom.